The number of hydrogen-bond acceptors (Lipinski definition) is 4. The summed E-state index contributed by atoms with van der Waals surface area (Å²) >= 11 is 0. The average molecular weight is 264 g/mol. The van der Waals surface area contributed by atoms with Crippen LogP contribution >= 0.6 is 0 Å². The summed E-state index contributed by atoms with van der Waals surface area (Å²) in [4.78, 5) is 4.87. The third-order valence-corrected chi connectivity index (χ3v) is 4.46. The first-order valence-electron chi connectivity index (χ1n) is 7.25. The number of likely N-dealkylation sites (tertiary alicyclic amines) is 1. The maximum Gasteiger partial charge on any atom is 0.0947 e. The molecule has 0 unspecified atom stereocenters. The molecule has 1 aromatic rings. The molecule has 3 atom stereocenters. The number of hydrogen-bond donors (Lipinski definition) is 0. The van der Waals surface area contributed by atoms with Gasteiger partial charge in [-0.1, -0.05) is 0 Å². The molecule has 19 heavy (non-hydrogen) atoms. The van der Waals surface area contributed by atoms with Gasteiger partial charge in [-0.25, -0.2) is 0 Å². The van der Waals surface area contributed by atoms with E-state index in [-0.39, 0.29) is 0 Å². The van der Waals surface area contributed by atoms with Crippen LogP contribution in [0.5, 0.6) is 0 Å². The third kappa shape index (κ3) is 2.86. The Labute approximate surface area is 115 Å². The number of rotatable bonds is 3. The molecule has 2 saturated heterocycles. The molecule has 0 N–H and O–H groups in total. The largest absolute Gasteiger partial charge is 0.472 e. The molecule has 0 amide bonds. The van der Waals surface area contributed by atoms with E-state index in [0.29, 0.717) is 18.1 Å². The quantitative estimate of drug-likeness (QED) is 0.833. The normalized spacial score (nSPS) is 32.5. The second-order valence-corrected chi connectivity index (χ2v) is 6.09. The molecule has 2 fully saturated rings. The van der Waals surface area contributed by atoms with E-state index in [1.165, 1.54) is 18.4 Å². The van der Waals surface area contributed by atoms with E-state index in [0.717, 1.165) is 26.2 Å². The van der Waals surface area contributed by atoms with Crippen molar-refractivity contribution >= 4 is 0 Å². The van der Waals surface area contributed by atoms with Crippen LogP contribution in [0.15, 0.2) is 23.0 Å². The van der Waals surface area contributed by atoms with Gasteiger partial charge in [0.1, 0.15) is 0 Å². The first kappa shape index (κ1) is 13.2. The zero-order valence-electron chi connectivity index (χ0n) is 11.9. The summed E-state index contributed by atoms with van der Waals surface area (Å²) in [6.07, 6.45) is 6.55. The molecule has 0 saturated carbocycles. The molecule has 0 aliphatic carbocycles. The van der Waals surface area contributed by atoms with E-state index in [1.54, 1.807) is 6.26 Å². The summed E-state index contributed by atoms with van der Waals surface area (Å²) in [5.41, 5.74) is 1.27. The fourth-order valence-electron chi connectivity index (χ4n) is 3.49. The highest BCUT2D eigenvalue weighted by atomic mass is 16.5. The number of piperidine rings is 1. The van der Waals surface area contributed by atoms with Gasteiger partial charge in [0.25, 0.3) is 0 Å². The Bertz CT molecular complexity index is 391. The molecule has 2 aliphatic heterocycles. The highest BCUT2D eigenvalue weighted by molar-refractivity contribution is 5.06. The van der Waals surface area contributed by atoms with Crippen LogP contribution in [-0.2, 0) is 11.3 Å². The van der Waals surface area contributed by atoms with Crippen LogP contribution in [0.3, 0.4) is 0 Å². The molecule has 2 aliphatic rings. The van der Waals surface area contributed by atoms with Crippen LogP contribution in [0.2, 0.25) is 0 Å². The number of furan rings is 1. The summed E-state index contributed by atoms with van der Waals surface area (Å²) < 4.78 is 11.2. The van der Waals surface area contributed by atoms with Crippen LogP contribution in [0.25, 0.3) is 0 Å². The van der Waals surface area contributed by atoms with Crippen LogP contribution < -0.4 is 0 Å². The molecular weight excluding hydrogens is 240 g/mol. The van der Waals surface area contributed by atoms with Crippen molar-refractivity contribution < 1.29 is 9.15 Å². The average Bonchev–Trinajstić information content (AvgIpc) is 2.90. The Hall–Kier alpha value is -0.840. The van der Waals surface area contributed by atoms with Crippen molar-refractivity contribution in [3.05, 3.63) is 24.2 Å². The molecule has 3 heterocycles. The van der Waals surface area contributed by atoms with Crippen molar-refractivity contribution in [3.8, 4) is 0 Å². The summed E-state index contributed by atoms with van der Waals surface area (Å²) in [6, 6.07) is 2.57. The lowest BCUT2D eigenvalue weighted by atomic mass is 9.85. The lowest BCUT2D eigenvalue weighted by Crippen LogP contribution is -2.59. The van der Waals surface area contributed by atoms with E-state index >= 15 is 0 Å². The second-order valence-electron chi connectivity index (χ2n) is 6.09. The van der Waals surface area contributed by atoms with Crippen molar-refractivity contribution in [2.75, 3.05) is 33.8 Å². The smallest absolute Gasteiger partial charge is 0.0947 e. The summed E-state index contributed by atoms with van der Waals surface area (Å²) in [7, 11) is 4.34. The van der Waals surface area contributed by atoms with Crippen LogP contribution in [0, 0.1) is 5.92 Å². The van der Waals surface area contributed by atoms with E-state index in [4.69, 9.17) is 9.15 Å². The van der Waals surface area contributed by atoms with Gasteiger partial charge in [-0.15, -0.1) is 0 Å². The van der Waals surface area contributed by atoms with E-state index < -0.39 is 0 Å². The molecule has 1 aromatic heterocycles. The van der Waals surface area contributed by atoms with Crippen molar-refractivity contribution in [1.29, 1.82) is 0 Å². The first-order valence-corrected chi connectivity index (χ1v) is 7.25. The number of ether oxygens (including phenoxy) is 1. The van der Waals surface area contributed by atoms with Crippen molar-refractivity contribution in [2.45, 2.75) is 31.5 Å². The summed E-state index contributed by atoms with van der Waals surface area (Å²) in [5.74, 6) is 0.682. The van der Waals surface area contributed by atoms with Crippen molar-refractivity contribution in [1.82, 2.24) is 9.80 Å². The fraction of sp³-hybridized carbons (Fsp3) is 0.733. The number of fused-ring (bicyclic) bond motifs is 1. The van der Waals surface area contributed by atoms with E-state index in [2.05, 4.69) is 30.0 Å². The van der Waals surface area contributed by atoms with Crippen molar-refractivity contribution in [2.24, 2.45) is 5.92 Å². The molecular formula is C15H24N2O2. The van der Waals surface area contributed by atoms with Gasteiger partial charge < -0.3 is 14.1 Å². The SMILES string of the molecule is CN(C)[C@@H]1CN(Cc2ccoc2)C[C@@H]2CCCO[C@@H]21. The molecule has 4 heteroatoms. The van der Waals surface area contributed by atoms with Crippen LogP contribution in [0.4, 0.5) is 0 Å². The Morgan fingerprint density at radius 1 is 1.37 bits per heavy atom. The van der Waals surface area contributed by atoms with Gasteiger partial charge in [0, 0.05) is 37.8 Å². The highest BCUT2D eigenvalue weighted by Gasteiger charge is 2.40. The Kier molecular flexibility index (Phi) is 3.91. The first-order chi connectivity index (χ1) is 9.24. The lowest BCUT2D eigenvalue weighted by Gasteiger charge is -2.48. The maximum atomic E-state index is 6.05. The minimum absolute atomic E-state index is 0.421. The van der Waals surface area contributed by atoms with E-state index in [1.807, 2.05) is 6.26 Å². The topological polar surface area (TPSA) is 28.9 Å². The Morgan fingerprint density at radius 3 is 3.00 bits per heavy atom. The molecule has 4 nitrogen and oxygen atoms in total. The minimum Gasteiger partial charge on any atom is -0.472 e. The lowest BCUT2D eigenvalue weighted by molar-refractivity contribution is -0.107. The zero-order chi connectivity index (χ0) is 13.2. The molecule has 0 aromatic carbocycles. The highest BCUT2D eigenvalue weighted by Crippen LogP contribution is 2.31. The molecule has 0 spiro atoms. The number of nitrogens with zero attached hydrogens (tertiary/aromatic N) is 2. The predicted octanol–water partition coefficient (Wildman–Crippen LogP) is 1.82. The summed E-state index contributed by atoms with van der Waals surface area (Å²) in [6.45, 7) is 4.16. The maximum absolute atomic E-state index is 6.05. The van der Waals surface area contributed by atoms with E-state index in [9.17, 15) is 0 Å². The fourth-order valence-corrected chi connectivity index (χ4v) is 3.49. The zero-order valence-corrected chi connectivity index (χ0v) is 11.9. The number of likely N-dealkylation sites (N-methyl/N-ethyl adjacent to an activating group) is 1. The second kappa shape index (κ2) is 5.65. The molecule has 0 radical (unpaired) electrons. The Balaban J connectivity index is 1.70. The predicted molar refractivity (Wildman–Crippen MR) is 73.9 cm³/mol. The third-order valence-electron chi connectivity index (χ3n) is 4.46. The minimum atomic E-state index is 0.421. The molecule has 106 valence electrons. The van der Waals surface area contributed by atoms with Gasteiger partial charge in [-0.05, 0) is 38.9 Å². The van der Waals surface area contributed by atoms with Crippen molar-refractivity contribution in [3.63, 3.8) is 0 Å². The standard InChI is InChI=1S/C15H24N2O2/c1-16(2)14-10-17(8-12-5-7-18-11-12)9-13-4-3-6-19-15(13)14/h5,7,11,13-15H,3-4,6,8-10H2,1-2H3/t13-,14+,15-/m0/s1. The molecule has 3 rings (SSSR count). The van der Waals surface area contributed by atoms with Gasteiger partial charge in [0.15, 0.2) is 0 Å². The monoisotopic (exact) mass is 264 g/mol. The van der Waals surface area contributed by atoms with Crippen LogP contribution in [0.1, 0.15) is 18.4 Å². The van der Waals surface area contributed by atoms with Gasteiger partial charge in [0.05, 0.1) is 18.6 Å². The van der Waals surface area contributed by atoms with Gasteiger partial charge >= 0.3 is 0 Å². The van der Waals surface area contributed by atoms with Gasteiger partial charge in [0.2, 0.25) is 0 Å². The van der Waals surface area contributed by atoms with Crippen LogP contribution in [-0.4, -0.2) is 55.7 Å². The summed E-state index contributed by atoms with van der Waals surface area (Å²) in [5, 5.41) is 0. The Morgan fingerprint density at radius 2 is 2.26 bits per heavy atom. The molecule has 0 bridgehead atoms. The van der Waals surface area contributed by atoms with Gasteiger partial charge in [-0.2, -0.15) is 0 Å². The van der Waals surface area contributed by atoms with Gasteiger partial charge in [-0.3, -0.25) is 4.90 Å².